The Kier molecular flexibility index (Phi) is 7.60. The smallest absolute Gasteiger partial charge is 0.670 e. The van der Waals surface area contributed by atoms with Gasteiger partial charge in [0.1, 0.15) is 0 Å². The molecule has 1 aromatic rings. The molecule has 1 amide bonds. The molecule has 0 unspecified atom stereocenters. The molecule has 0 aliphatic rings. The summed E-state index contributed by atoms with van der Waals surface area (Å²) in [6.07, 6.45) is 3.37. The normalized spacial score (nSPS) is 11.4. The van der Waals surface area contributed by atoms with Crippen LogP contribution in [-0.2, 0) is 16.0 Å². The standard InChI is InChI=1S/C10H14N3O3.Mg/c11-3-1-9(14)13-8(10(15)16)5-7-2-4-12-6-7;/h2,4,6,8H,1,3,5,11H2,(H,13,14)(H,15,16);/q-1;+2/p-1/t8-;/m0./s1. The van der Waals surface area contributed by atoms with Crippen LogP contribution in [0.2, 0.25) is 0 Å². The first-order valence-electron chi connectivity index (χ1n) is 4.89. The van der Waals surface area contributed by atoms with E-state index in [0.29, 0.717) is 0 Å². The number of carboxylic acids is 1. The van der Waals surface area contributed by atoms with Gasteiger partial charge in [0.15, 0.2) is 0 Å². The summed E-state index contributed by atoms with van der Waals surface area (Å²) in [7, 11) is 0. The Morgan fingerprint density at radius 1 is 1.53 bits per heavy atom. The number of carbonyl (C=O) groups is 2. The van der Waals surface area contributed by atoms with E-state index in [4.69, 9.17) is 5.73 Å². The van der Waals surface area contributed by atoms with Crippen LogP contribution in [0.15, 0.2) is 18.5 Å². The topological polar surface area (TPSA) is 109 Å². The molecule has 0 saturated heterocycles. The van der Waals surface area contributed by atoms with Gasteiger partial charge in [-0.05, 0) is 6.42 Å². The van der Waals surface area contributed by atoms with Crippen molar-refractivity contribution < 1.29 is 14.7 Å². The number of nitrogens with two attached hydrogens (primary N) is 1. The fourth-order valence-corrected chi connectivity index (χ4v) is 1.27. The average molecular weight is 248 g/mol. The van der Waals surface area contributed by atoms with Gasteiger partial charge in [0.05, 0.1) is 12.0 Å². The quantitative estimate of drug-likeness (QED) is 0.535. The Morgan fingerprint density at radius 3 is 2.71 bits per heavy atom. The molecule has 1 aromatic heterocycles. The largest absolute Gasteiger partial charge is 2.00 e. The summed E-state index contributed by atoms with van der Waals surface area (Å²) >= 11 is 0. The number of rotatable bonds is 6. The van der Waals surface area contributed by atoms with Crippen molar-refractivity contribution in [2.45, 2.75) is 18.9 Å². The number of carbonyl (C=O) groups excluding carboxylic acids is 2. The molecule has 1 heterocycles. The molecular weight excluding hydrogens is 234 g/mol. The first-order chi connectivity index (χ1) is 7.63. The molecule has 0 aliphatic heterocycles. The molecule has 0 aromatic carbocycles. The molecule has 3 N–H and O–H groups in total. The summed E-state index contributed by atoms with van der Waals surface area (Å²) in [5.41, 5.74) is 5.92. The maximum atomic E-state index is 11.2. The molecule has 0 aliphatic carbocycles. The minimum atomic E-state index is -1.31. The second kappa shape index (κ2) is 8.10. The van der Waals surface area contributed by atoms with E-state index in [9.17, 15) is 14.7 Å². The zero-order valence-corrected chi connectivity index (χ0v) is 10.8. The summed E-state index contributed by atoms with van der Waals surface area (Å²) in [6.45, 7) is 0.184. The molecule has 17 heavy (non-hydrogen) atoms. The van der Waals surface area contributed by atoms with E-state index >= 15 is 0 Å². The Morgan fingerprint density at radius 2 is 2.24 bits per heavy atom. The molecule has 7 heteroatoms. The van der Waals surface area contributed by atoms with Gasteiger partial charge in [0, 0.05) is 13.0 Å². The first-order valence-corrected chi connectivity index (χ1v) is 4.89. The van der Waals surface area contributed by atoms with Crippen LogP contribution in [0.1, 0.15) is 12.0 Å². The van der Waals surface area contributed by atoms with Crippen molar-refractivity contribution in [3.05, 3.63) is 24.0 Å². The van der Waals surface area contributed by atoms with Gasteiger partial charge < -0.3 is 25.9 Å². The van der Waals surface area contributed by atoms with Crippen LogP contribution in [0.25, 0.3) is 0 Å². The third-order valence-electron chi connectivity index (χ3n) is 2.05. The van der Waals surface area contributed by atoms with E-state index < -0.39 is 17.9 Å². The number of amides is 1. The molecule has 0 saturated carbocycles. The number of nitrogens with one attached hydrogen (secondary N) is 1. The summed E-state index contributed by atoms with van der Waals surface area (Å²) in [6, 6.07) is 0.647. The predicted molar refractivity (Wildman–Crippen MR) is 59.8 cm³/mol. The molecule has 1 atom stereocenters. The van der Waals surface area contributed by atoms with Crippen molar-refractivity contribution in [1.82, 2.24) is 10.3 Å². The molecule has 0 fully saturated rings. The Hall–Kier alpha value is -1.05. The number of nitrogens with zero attached hydrogens (tertiary/aromatic N) is 1. The number of hydrogen-bond donors (Lipinski definition) is 2. The van der Waals surface area contributed by atoms with E-state index in [1.54, 1.807) is 18.5 Å². The van der Waals surface area contributed by atoms with Gasteiger partial charge in [-0.2, -0.15) is 12.4 Å². The van der Waals surface area contributed by atoms with Crippen LogP contribution in [0, 0.1) is 0 Å². The molecule has 0 spiro atoms. The van der Waals surface area contributed by atoms with Crippen LogP contribution in [0.5, 0.6) is 0 Å². The van der Waals surface area contributed by atoms with Crippen LogP contribution in [0.4, 0.5) is 0 Å². The first kappa shape index (κ1) is 15.9. The van der Waals surface area contributed by atoms with Crippen molar-refractivity contribution in [2.75, 3.05) is 6.54 Å². The maximum Gasteiger partial charge on any atom is 2.00 e. The van der Waals surface area contributed by atoms with E-state index in [1.165, 1.54) is 0 Å². The number of aromatic nitrogens is 1. The summed E-state index contributed by atoms with van der Waals surface area (Å²) in [5, 5.41) is 13.1. The third kappa shape index (κ3) is 5.71. The van der Waals surface area contributed by atoms with Crippen LogP contribution in [0.3, 0.4) is 0 Å². The second-order valence-corrected chi connectivity index (χ2v) is 3.35. The van der Waals surface area contributed by atoms with Crippen molar-refractivity contribution in [3.8, 4) is 0 Å². The van der Waals surface area contributed by atoms with Crippen LogP contribution in [-0.4, -0.2) is 47.5 Å². The van der Waals surface area contributed by atoms with Crippen molar-refractivity contribution in [3.63, 3.8) is 0 Å². The Bertz CT molecular complexity index is 354. The number of hydrogen-bond acceptors (Lipinski definition) is 4. The summed E-state index contributed by atoms with van der Waals surface area (Å²) < 4.78 is 0. The van der Waals surface area contributed by atoms with Gasteiger partial charge in [-0.15, -0.1) is 0 Å². The van der Waals surface area contributed by atoms with Gasteiger partial charge >= 0.3 is 23.1 Å². The fourth-order valence-electron chi connectivity index (χ4n) is 1.27. The molecular formula is C10H13MgN3O3. The minimum Gasteiger partial charge on any atom is -0.670 e. The van der Waals surface area contributed by atoms with Gasteiger partial charge in [-0.25, -0.2) is 0 Å². The average Bonchev–Trinajstić information content (AvgIpc) is 2.69. The zero-order valence-electron chi connectivity index (χ0n) is 9.39. The van der Waals surface area contributed by atoms with E-state index in [2.05, 4.69) is 10.3 Å². The molecule has 6 nitrogen and oxygen atoms in total. The molecule has 1 rings (SSSR count). The Labute approximate surface area is 115 Å². The van der Waals surface area contributed by atoms with E-state index in [0.717, 1.165) is 5.56 Å². The van der Waals surface area contributed by atoms with Crippen LogP contribution < -0.4 is 21.1 Å². The molecule has 0 bridgehead atoms. The summed E-state index contributed by atoms with van der Waals surface area (Å²) in [5.74, 6) is -1.71. The van der Waals surface area contributed by atoms with E-state index in [1.807, 2.05) is 0 Å². The van der Waals surface area contributed by atoms with E-state index in [-0.39, 0.29) is 42.4 Å². The fraction of sp³-hybridized carbons (Fsp3) is 0.400. The monoisotopic (exact) mass is 247 g/mol. The van der Waals surface area contributed by atoms with Gasteiger partial charge in [0.2, 0.25) is 5.91 Å². The van der Waals surface area contributed by atoms with Crippen LogP contribution >= 0.6 is 0 Å². The van der Waals surface area contributed by atoms with Crippen molar-refractivity contribution in [1.29, 1.82) is 0 Å². The molecule has 88 valence electrons. The number of carboxylic acid groups (broad SMARTS) is 1. The van der Waals surface area contributed by atoms with Gasteiger partial charge in [0.25, 0.3) is 0 Å². The van der Waals surface area contributed by atoms with Gasteiger partial charge in [-0.3, -0.25) is 4.79 Å². The van der Waals surface area contributed by atoms with Gasteiger partial charge in [-0.1, -0.05) is 11.6 Å². The summed E-state index contributed by atoms with van der Waals surface area (Å²) in [4.78, 5) is 25.8. The Balaban J connectivity index is 0.00000256. The predicted octanol–water partition coefficient (Wildman–Crippen LogP) is -2.61. The third-order valence-corrected chi connectivity index (χ3v) is 2.05. The SMILES string of the molecule is NCCC(=O)N[C@@H](Cc1cc[n-]c1)C(=O)[O-].[Mg+2]. The minimum absolute atomic E-state index is 0. The van der Waals surface area contributed by atoms with Crippen molar-refractivity contribution >= 4 is 34.9 Å². The number of aliphatic carboxylic acids is 1. The second-order valence-electron chi connectivity index (χ2n) is 3.35. The van der Waals surface area contributed by atoms with Crippen molar-refractivity contribution in [2.24, 2.45) is 5.73 Å². The molecule has 0 radical (unpaired) electrons. The maximum absolute atomic E-state index is 11.2. The zero-order chi connectivity index (χ0) is 12.0.